The number of carbonyl (C=O) groups excluding carboxylic acids is 1. The summed E-state index contributed by atoms with van der Waals surface area (Å²) in [5.41, 5.74) is 0.158. The fourth-order valence-electron chi connectivity index (χ4n) is 1.10. The van der Waals surface area contributed by atoms with E-state index in [1.807, 2.05) is 0 Å². The van der Waals surface area contributed by atoms with Gasteiger partial charge in [0.25, 0.3) is 0 Å². The average molecular weight is 360 g/mol. The van der Waals surface area contributed by atoms with Crippen LogP contribution in [0.25, 0.3) is 0 Å². The Hall–Kier alpha value is -0.180. The quantitative estimate of drug-likeness (QED) is 0.702. The third kappa shape index (κ3) is 1.37. The van der Waals surface area contributed by atoms with Crippen LogP contribution in [0.2, 0.25) is 0 Å². The van der Waals surface area contributed by atoms with Crippen LogP contribution in [0.3, 0.4) is 0 Å². The van der Waals surface area contributed by atoms with E-state index >= 15 is 0 Å². The molecular formula is C7H5BrIO4-. The van der Waals surface area contributed by atoms with Gasteiger partial charge in [0.15, 0.2) is 0 Å². The summed E-state index contributed by atoms with van der Waals surface area (Å²) in [7, 11) is 0. The summed E-state index contributed by atoms with van der Waals surface area (Å²) in [5, 5.41) is 0. The Morgan fingerprint density at radius 2 is 2.08 bits per heavy atom. The molecule has 6 heteroatoms. The molecular weight excluding hydrogens is 355 g/mol. The maximum atomic E-state index is 11.7. The molecule has 0 aromatic heterocycles. The van der Waals surface area contributed by atoms with Gasteiger partial charge in [0.1, 0.15) is 0 Å². The van der Waals surface area contributed by atoms with E-state index in [0.717, 1.165) is 0 Å². The van der Waals surface area contributed by atoms with Gasteiger partial charge in [0.2, 0.25) is 0 Å². The fourth-order valence-corrected chi connectivity index (χ4v) is 6.92. The molecule has 1 heterocycles. The van der Waals surface area contributed by atoms with Gasteiger partial charge in [-0.3, -0.25) is 0 Å². The summed E-state index contributed by atoms with van der Waals surface area (Å²) in [4.78, 5) is 11.1. The predicted octanol–water partition coefficient (Wildman–Crippen LogP) is 1.01. The summed E-state index contributed by atoms with van der Waals surface area (Å²) in [6.45, 7) is 0. The van der Waals surface area contributed by atoms with Crippen LogP contribution < -0.4 is 3.44 Å². The molecule has 72 valence electrons. The van der Waals surface area contributed by atoms with Gasteiger partial charge < -0.3 is 0 Å². The molecule has 1 aliphatic heterocycles. The maximum absolute atomic E-state index is 11.7. The van der Waals surface area contributed by atoms with Crippen molar-refractivity contribution in [1.29, 1.82) is 0 Å². The van der Waals surface area contributed by atoms with E-state index in [9.17, 15) is 11.7 Å². The van der Waals surface area contributed by atoms with Crippen molar-refractivity contribution in [2.75, 3.05) is 0 Å². The number of carbonyl (C=O) groups is 1. The zero-order valence-electron chi connectivity index (χ0n) is 6.24. The number of hydrogen-bond acceptors (Lipinski definition) is 4. The van der Waals surface area contributed by atoms with Crippen molar-refractivity contribution in [3.8, 4) is 0 Å². The molecule has 4 nitrogen and oxygen atoms in total. The van der Waals surface area contributed by atoms with Crippen molar-refractivity contribution in [2.45, 2.75) is 0 Å². The van der Waals surface area contributed by atoms with E-state index in [1.165, 1.54) is 12.1 Å². The van der Waals surface area contributed by atoms with Crippen molar-refractivity contribution in [1.82, 2.24) is 0 Å². The Morgan fingerprint density at radius 1 is 1.46 bits per heavy atom. The van der Waals surface area contributed by atoms with E-state index in [0.29, 0.717) is 0 Å². The fraction of sp³-hybridized carbons (Fsp3) is 0. The molecule has 1 aromatic carbocycles. The first-order valence-electron chi connectivity index (χ1n) is 3.30. The minimum absolute atomic E-state index is 0.0676. The molecule has 0 radical (unpaired) electrons. The van der Waals surface area contributed by atoms with Gasteiger partial charge in [0, 0.05) is 0 Å². The van der Waals surface area contributed by atoms with Crippen LogP contribution in [0.5, 0.6) is 0 Å². The SMILES string of the molecule is O=C1OI([O-])(O)(Br)c2ccccc21. The molecule has 1 N–H and O–H groups in total. The second-order valence-corrected chi connectivity index (χ2v) is 15.2. The van der Waals surface area contributed by atoms with Gasteiger partial charge >= 0.3 is 82.9 Å². The molecule has 0 unspecified atom stereocenters. The van der Waals surface area contributed by atoms with Crippen LogP contribution in [0.4, 0.5) is 0 Å². The molecule has 0 fully saturated rings. The topological polar surface area (TPSA) is 69.6 Å². The zero-order valence-corrected chi connectivity index (χ0v) is 9.98. The normalized spacial score (nSPS) is 25.5. The van der Waals surface area contributed by atoms with Crippen molar-refractivity contribution in [3.05, 3.63) is 33.4 Å². The van der Waals surface area contributed by atoms with Crippen LogP contribution in [-0.2, 0) is 3.07 Å². The van der Waals surface area contributed by atoms with Crippen molar-refractivity contribution < 1.29 is 14.7 Å². The number of fused-ring (bicyclic) bond motifs is 1. The molecule has 0 spiro atoms. The van der Waals surface area contributed by atoms with Crippen molar-refractivity contribution in [2.24, 2.45) is 0 Å². The van der Waals surface area contributed by atoms with Gasteiger partial charge in [-0.05, 0) is 0 Å². The Morgan fingerprint density at radius 3 is 2.69 bits per heavy atom. The Balaban J connectivity index is 2.75. The molecule has 0 saturated heterocycles. The van der Waals surface area contributed by atoms with Gasteiger partial charge in [-0.1, -0.05) is 0 Å². The monoisotopic (exact) mass is 359 g/mol. The third-order valence-electron chi connectivity index (χ3n) is 1.63. The Bertz CT molecular complexity index is 395. The number of halogens is 2. The first-order valence-corrected chi connectivity index (χ1v) is 11.9. The standard InChI is InChI=1S/C7H5BrIO4/c8-9(11,12)6-4-2-1-3-5(6)7(10)13-9/h1-4,11H/q-1. The molecule has 0 aliphatic carbocycles. The molecule has 0 atom stereocenters. The Kier molecular flexibility index (Phi) is 1.76. The average Bonchev–Trinajstić information content (AvgIpc) is 2.20. The third-order valence-corrected chi connectivity index (χ3v) is 8.63. The second kappa shape index (κ2) is 2.44. The molecule has 2 rings (SSSR count). The van der Waals surface area contributed by atoms with E-state index < -0.39 is 22.0 Å². The molecule has 0 bridgehead atoms. The van der Waals surface area contributed by atoms with Crippen molar-refractivity contribution in [3.63, 3.8) is 0 Å². The summed E-state index contributed by atoms with van der Waals surface area (Å²) >= 11 is -2.77. The van der Waals surface area contributed by atoms with Crippen LogP contribution in [0, 0.1) is 3.57 Å². The molecule has 1 aliphatic rings. The summed E-state index contributed by atoms with van der Waals surface area (Å²) in [5.74, 6) is -0.751. The number of rotatable bonds is 0. The van der Waals surface area contributed by atoms with Crippen LogP contribution in [0.1, 0.15) is 10.4 Å². The molecule has 0 amide bonds. The number of benzene rings is 1. The van der Waals surface area contributed by atoms with Crippen LogP contribution in [-0.4, -0.2) is 9.41 Å². The van der Waals surface area contributed by atoms with E-state index in [2.05, 4.69) is 15.8 Å². The minimum atomic E-state index is -5.40. The van der Waals surface area contributed by atoms with Crippen molar-refractivity contribution >= 4 is 34.7 Å². The first-order chi connectivity index (χ1) is 5.88. The van der Waals surface area contributed by atoms with E-state index in [-0.39, 0.29) is 9.13 Å². The second-order valence-electron chi connectivity index (χ2n) is 2.54. The van der Waals surface area contributed by atoms with E-state index in [1.54, 1.807) is 12.1 Å². The van der Waals surface area contributed by atoms with Gasteiger partial charge in [-0.15, -0.1) is 0 Å². The van der Waals surface area contributed by atoms with Crippen LogP contribution in [0.15, 0.2) is 24.3 Å². The summed E-state index contributed by atoms with van der Waals surface area (Å²) in [6.07, 6.45) is 0. The summed E-state index contributed by atoms with van der Waals surface area (Å²) < 4.78 is 25.9. The predicted molar refractivity (Wildman–Crippen MR) is 55.7 cm³/mol. The Labute approximate surface area is 82.6 Å². The molecule has 0 saturated carbocycles. The van der Waals surface area contributed by atoms with Gasteiger partial charge in [0.05, 0.1) is 0 Å². The molecule has 1 aromatic rings. The summed E-state index contributed by atoms with van der Waals surface area (Å²) in [6, 6.07) is 6.06. The number of hydrogen-bond donors (Lipinski definition) is 1. The first kappa shape index (κ1) is 9.38. The van der Waals surface area contributed by atoms with E-state index in [4.69, 9.17) is 0 Å². The van der Waals surface area contributed by atoms with Crippen LogP contribution >= 0.6 is 28.8 Å². The molecule has 13 heavy (non-hydrogen) atoms. The zero-order chi connectivity index (χ0) is 9.71. The van der Waals surface area contributed by atoms with Gasteiger partial charge in [-0.2, -0.15) is 0 Å². The van der Waals surface area contributed by atoms with Gasteiger partial charge in [-0.25, -0.2) is 0 Å².